The summed E-state index contributed by atoms with van der Waals surface area (Å²) in [5.41, 5.74) is 1.75. The molecule has 0 saturated carbocycles. The lowest BCUT2D eigenvalue weighted by atomic mass is 9.70. The number of rotatable bonds is 8. The normalized spacial score (nSPS) is 31.1. The van der Waals surface area contributed by atoms with Crippen LogP contribution in [0, 0.1) is 43.4 Å². The van der Waals surface area contributed by atoms with Gasteiger partial charge in [0, 0.05) is 40.9 Å². The smallest absolute Gasteiger partial charge is 0.308 e. The molecule has 0 N–H and O–H groups in total. The van der Waals surface area contributed by atoms with E-state index in [4.69, 9.17) is 18.6 Å². The summed E-state index contributed by atoms with van der Waals surface area (Å²) in [7, 11) is 0. The second kappa shape index (κ2) is 12.2. The van der Waals surface area contributed by atoms with Gasteiger partial charge in [0.15, 0.2) is 11.2 Å². The Morgan fingerprint density at radius 1 is 0.975 bits per heavy atom. The number of aryl methyl sites for hydroxylation is 1. The second-order valence-electron chi connectivity index (χ2n) is 12.3. The van der Waals surface area contributed by atoms with Crippen molar-refractivity contribution < 1.29 is 28.2 Å². The molecule has 3 heterocycles. The molecule has 0 aromatic carbocycles. The van der Waals surface area contributed by atoms with Gasteiger partial charge < -0.3 is 18.6 Å². The van der Waals surface area contributed by atoms with Crippen LogP contribution in [0.25, 0.3) is 0 Å². The van der Waals surface area contributed by atoms with Crippen LogP contribution in [0.4, 0.5) is 0 Å². The summed E-state index contributed by atoms with van der Waals surface area (Å²) in [5, 5.41) is 0. The van der Waals surface area contributed by atoms with E-state index in [2.05, 4.69) is 6.92 Å². The number of ketones is 1. The van der Waals surface area contributed by atoms with Gasteiger partial charge in [-0.1, -0.05) is 55.4 Å². The number of ether oxygens (including phenoxy) is 3. The van der Waals surface area contributed by atoms with Gasteiger partial charge in [-0.3, -0.25) is 14.4 Å². The third-order valence-electron chi connectivity index (χ3n) is 9.75. The van der Waals surface area contributed by atoms with Crippen LogP contribution < -0.4 is 5.43 Å². The molecule has 0 radical (unpaired) electrons. The van der Waals surface area contributed by atoms with Gasteiger partial charge in [-0.05, 0) is 40.5 Å². The van der Waals surface area contributed by atoms with Crippen molar-refractivity contribution in [2.45, 2.75) is 126 Å². The first kappa shape index (κ1) is 32.1. The summed E-state index contributed by atoms with van der Waals surface area (Å²) in [6.45, 7) is 23.1. The minimum atomic E-state index is -1.34. The van der Waals surface area contributed by atoms with E-state index in [1.54, 1.807) is 13.8 Å². The van der Waals surface area contributed by atoms with Gasteiger partial charge in [0.25, 0.3) is 0 Å². The molecule has 4 unspecified atom stereocenters. The Morgan fingerprint density at radius 3 is 2.15 bits per heavy atom. The van der Waals surface area contributed by atoms with Gasteiger partial charge in [0.05, 0.1) is 23.9 Å². The minimum Gasteiger partial charge on any atom is -0.465 e. The fourth-order valence-corrected chi connectivity index (χ4v) is 6.44. The molecule has 1 spiro atoms. The molecule has 2 aliphatic rings. The molecule has 1 saturated heterocycles. The molecule has 0 aliphatic carbocycles. The molecule has 0 bridgehead atoms. The summed E-state index contributed by atoms with van der Waals surface area (Å²) in [4.78, 5) is 40.0. The highest BCUT2D eigenvalue weighted by Crippen LogP contribution is 2.52. The zero-order valence-corrected chi connectivity index (χ0v) is 26.6. The lowest BCUT2D eigenvalue weighted by molar-refractivity contribution is -0.347. The van der Waals surface area contributed by atoms with Crippen LogP contribution in [0.2, 0.25) is 0 Å². The van der Waals surface area contributed by atoms with Crippen LogP contribution in [-0.4, -0.2) is 29.7 Å². The van der Waals surface area contributed by atoms with Gasteiger partial charge in [-0.2, -0.15) is 0 Å². The van der Waals surface area contributed by atoms with Crippen LogP contribution in [0.15, 0.2) is 20.5 Å². The molecular weight excluding hydrogens is 508 g/mol. The van der Waals surface area contributed by atoms with Gasteiger partial charge in [-0.15, -0.1) is 0 Å². The Bertz CT molecular complexity index is 1210. The number of hydrogen-bond donors (Lipinski definition) is 0. The first-order valence-corrected chi connectivity index (χ1v) is 15.1. The van der Waals surface area contributed by atoms with Crippen molar-refractivity contribution in [3.8, 4) is 0 Å². The Hall–Kier alpha value is -2.41. The molecule has 1 fully saturated rings. The SMILES string of the molecule is CCc1oc([C@H](C)C2O[C@@]3(OC(C(C)CC)=C(C)C(=O)[C@@H]3C)[C@@H](C)[C@@H](OC(=O)C(C)CC)C2C)c(C)c(=O)c1C. The number of carbonyl (C=O) groups excluding carboxylic acids is 2. The molecule has 0 amide bonds. The number of esters is 1. The molecule has 2 aliphatic heterocycles. The zero-order valence-electron chi connectivity index (χ0n) is 26.6. The van der Waals surface area contributed by atoms with E-state index >= 15 is 0 Å². The van der Waals surface area contributed by atoms with E-state index in [0.29, 0.717) is 46.8 Å². The summed E-state index contributed by atoms with van der Waals surface area (Å²) in [6, 6.07) is 0. The highest BCUT2D eigenvalue weighted by molar-refractivity contribution is 5.98. The van der Waals surface area contributed by atoms with Crippen molar-refractivity contribution in [3.63, 3.8) is 0 Å². The van der Waals surface area contributed by atoms with Crippen molar-refractivity contribution in [2.75, 3.05) is 0 Å². The first-order valence-electron chi connectivity index (χ1n) is 15.1. The highest BCUT2D eigenvalue weighted by atomic mass is 16.7. The fourth-order valence-electron chi connectivity index (χ4n) is 6.44. The van der Waals surface area contributed by atoms with E-state index < -0.39 is 29.8 Å². The summed E-state index contributed by atoms with van der Waals surface area (Å²) in [5.74, 6) is -1.71. The lowest BCUT2D eigenvalue weighted by Gasteiger charge is -2.56. The fraction of sp³-hybridized carbons (Fsp3) is 0.727. The minimum absolute atomic E-state index is 0.0185. The zero-order chi connectivity index (χ0) is 30.3. The maximum absolute atomic E-state index is 13.7. The van der Waals surface area contributed by atoms with Crippen LogP contribution in [-0.2, 0) is 30.2 Å². The van der Waals surface area contributed by atoms with E-state index in [1.165, 1.54) is 0 Å². The molecule has 40 heavy (non-hydrogen) atoms. The topological polar surface area (TPSA) is 92.0 Å². The highest BCUT2D eigenvalue weighted by Gasteiger charge is 2.62. The predicted octanol–water partition coefficient (Wildman–Crippen LogP) is 6.80. The molecular formula is C33H50O7. The van der Waals surface area contributed by atoms with Crippen molar-refractivity contribution in [2.24, 2.45) is 29.6 Å². The van der Waals surface area contributed by atoms with Crippen LogP contribution in [0.5, 0.6) is 0 Å². The van der Waals surface area contributed by atoms with E-state index in [-0.39, 0.29) is 40.9 Å². The maximum atomic E-state index is 13.7. The number of carbonyl (C=O) groups is 2. The van der Waals surface area contributed by atoms with Crippen molar-refractivity contribution in [1.29, 1.82) is 0 Å². The monoisotopic (exact) mass is 558 g/mol. The van der Waals surface area contributed by atoms with Crippen molar-refractivity contribution >= 4 is 11.8 Å². The number of hydrogen-bond acceptors (Lipinski definition) is 7. The average Bonchev–Trinajstić information content (AvgIpc) is 2.95. The Labute approximate surface area is 240 Å². The molecule has 7 nitrogen and oxygen atoms in total. The average molecular weight is 559 g/mol. The maximum Gasteiger partial charge on any atom is 0.308 e. The second-order valence-corrected chi connectivity index (χ2v) is 12.3. The standard InChI is InChI=1S/C33H50O7/c1-13-16(4)28-20(8)27(35)23(11)33(39-28)24(12)31(38-32(36)17(5)14-2)22(10)30(40-33)21(9)29-19(7)26(34)18(6)25(15-3)37-29/h16-17,21-24,30-31H,13-15H2,1-12H3/t16?,17?,21-,22?,23-,24-,30?,31-,33+/m0/s1. The quantitative estimate of drug-likeness (QED) is 0.324. The van der Waals surface area contributed by atoms with Crippen LogP contribution in [0.1, 0.15) is 111 Å². The molecule has 7 heteroatoms. The van der Waals surface area contributed by atoms with Gasteiger partial charge in [0.1, 0.15) is 23.4 Å². The van der Waals surface area contributed by atoms with Gasteiger partial charge in [0.2, 0.25) is 5.79 Å². The predicted molar refractivity (Wildman–Crippen MR) is 155 cm³/mol. The Morgan fingerprint density at radius 2 is 1.60 bits per heavy atom. The van der Waals surface area contributed by atoms with Crippen LogP contribution >= 0.6 is 0 Å². The molecule has 9 atom stereocenters. The summed E-state index contributed by atoms with van der Waals surface area (Å²) in [6.07, 6.45) is 0.934. The van der Waals surface area contributed by atoms with E-state index in [1.807, 2.05) is 62.3 Å². The largest absolute Gasteiger partial charge is 0.465 e. The third kappa shape index (κ3) is 5.31. The molecule has 224 valence electrons. The lowest BCUT2D eigenvalue weighted by Crippen LogP contribution is -2.65. The molecule has 1 aromatic heterocycles. The number of allylic oxidation sites excluding steroid dienone is 2. The Kier molecular flexibility index (Phi) is 9.81. The van der Waals surface area contributed by atoms with Gasteiger partial charge in [-0.25, -0.2) is 0 Å². The molecule has 1 aromatic rings. The van der Waals surface area contributed by atoms with E-state index in [9.17, 15) is 14.4 Å². The summed E-state index contributed by atoms with van der Waals surface area (Å²) >= 11 is 0. The first-order chi connectivity index (χ1) is 18.7. The number of Topliss-reactive ketones (excluding diaryl/α,β-unsaturated/α-hetero) is 1. The third-order valence-corrected chi connectivity index (χ3v) is 9.75. The van der Waals surface area contributed by atoms with E-state index in [0.717, 1.165) is 6.42 Å². The summed E-state index contributed by atoms with van der Waals surface area (Å²) < 4.78 is 26.4. The van der Waals surface area contributed by atoms with Gasteiger partial charge >= 0.3 is 5.97 Å². The van der Waals surface area contributed by atoms with Crippen molar-refractivity contribution in [3.05, 3.63) is 44.2 Å². The van der Waals surface area contributed by atoms with Crippen LogP contribution in [0.3, 0.4) is 0 Å². The van der Waals surface area contributed by atoms with Crippen molar-refractivity contribution in [1.82, 2.24) is 0 Å². The molecule has 3 rings (SSSR count). The Balaban J connectivity index is 2.20.